The lowest BCUT2D eigenvalue weighted by molar-refractivity contribution is -0.151. The van der Waals surface area contributed by atoms with E-state index in [0.29, 0.717) is 10.8 Å². The van der Waals surface area contributed by atoms with Gasteiger partial charge in [-0.25, -0.2) is 0 Å². The fraction of sp³-hybridized carbons (Fsp3) is 0.906. The zero-order chi connectivity index (χ0) is 25.5. The van der Waals surface area contributed by atoms with Crippen LogP contribution >= 0.6 is 15.9 Å². The summed E-state index contributed by atoms with van der Waals surface area (Å²) in [6.07, 6.45) is 17.1. The molecule has 0 aromatic carbocycles. The van der Waals surface area contributed by atoms with Gasteiger partial charge in [-0.3, -0.25) is 4.79 Å². The largest absolute Gasteiger partial charge is 0.461 e. The number of fused-ring (bicyclic) bond motifs is 5. The third kappa shape index (κ3) is 5.33. The maximum Gasteiger partial charge on any atom is 0.320 e. The molecule has 200 valence electrons. The number of alkyl halides is 1. The van der Waals surface area contributed by atoms with Crippen LogP contribution in [0.1, 0.15) is 119 Å². The summed E-state index contributed by atoms with van der Waals surface area (Å²) in [6.45, 7) is 16.7. The summed E-state index contributed by atoms with van der Waals surface area (Å²) >= 11 is 3.54. The van der Waals surface area contributed by atoms with E-state index in [1.807, 2.05) is 0 Å². The fourth-order valence-corrected chi connectivity index (χ4v) is 9.36. The van der Waals surface area contributed by atoms with Crippen molar-refractivity contribution in [3.63, 3.8) is 0 Å². The summed E-state index contributed by atoms with van der Waals surface area (Å²) in [5, 5.41) is 0. The molecule has 3 saturated carbocycles. The SMILES string of the molecule is CC(C)CCC[C@@H](C)[C@H]1CC[C@@H]2[C@@H]3CC=C4C[C@@H](OC(=O)[C@H](Br)C(C)C)CC[C@]4(C)[C@H]3CC[C@@]21C. The average molecular weight is 550 g/mol. The Bertz CT molecular complexity index is 786. The molecule has 0 amide bonds. The molecule has 0 aromatic heterocycles. The zero-order valence-corrected chi connectivity index (χ0v) is 25.3. The summed E-state index contributed by atoms with van der Waals surface area (Å²) in [6, 6.07) is 0. The van der Waals surface area contributed by atoms with E-state index in [4.69, 9.17) is 4.74 Å². The van der Waals surface area contributed by atoms with Crippen molar-refractivity contribution in [2.24, 2.45) is 52.3 Å². The van der Waals surface area contributed by atoms with E-state index in [-0.39, 0.29) is 22.8 Å². The van der Waals surface area contributed by atoms with Crippen molar-refractivity contribution in [1.82, 2.24) is 0 Å². The Hall–Kier alpha value is -0.310. The molecule has 9 atom stereocenters. The van der Waals surface area contributed by atoms with Crippen molar-refractivity contribution in [2.45, 2.75) is 130 Å². The molecular formula is C32H53BrO2. The van der Waals surface area contributed by atoms with Crippen molar-refractivity contribution >= 4 is 21.9 Å². The summed E-state index contributed by atoms with van der Waals surface area (Å²) in [4.78, 5) is 12.4. The van der Waals surface area contributed by atoms with E-state index >= 15 is 0 Å². The Morgan fingerprint density at radius 2 is 1.77 bits per heavy atom. The molecule has 0 N–H and O–H groups in total. The Morgan fingerprint density at radius 3 is 2.46 bits per heavy atom. The smallest absolute Gasteiger partial charge is 0.320 e. The van der Waals surface area contributed by atoms with Crippen LogP contribution in [0.2, 0.25) is 0 Å². The van der Waals surface area contributed by atoms with Gasteiger partial charge in [0.05, 0.1) is 0 Å². The molecule has 4 aliphatic rings. The van der Waals surface area contributed by atoms with E-state index in [1.54, 1.807) is 5.57 Å². The minimum absolute atomic E-state index is 0.0635. The van der Waals surface area contributed by atoms with Crippen LogP contribution in [0, 0.1) is 52.3 Å². The molecule has 0 spiro atoms. The molecule has 3 heteroatoms. The second-order valence-electron chi connectivity index (χ2n) is 14.2. The van der Waals surface area contributed by atoms with Gasteiger partial charge in [0.15, 0.2) is 0 Å². The maximum atomic E-state index is 12.6. The minimum Gasteiger partial charge on any atom is -0.461 e. The average Bonchev–Trinajstić information content (AvgIpc) is 3.15. The zero-order valence-electron chi connectivity index (χ0n) is 23.7. The Kier molecular flexibility index (Phi) is 8.57. The summed E-state index contributed by atoms with van der Waals surface area (Å²) in [7, 11) is 0. The highest BCUT2D eigenvalue weighted by Crippen LogP contribution is 2.67. The highest BCUT2D eigenvalue weighted by molar-refractivity contribution is 9.10. The predicted octanol–water partition coefficient (Wildman–Crippen LogP) is 9.36. The van der Waals surface area contributed by atoms with Crippen LogP contribution in [0.4, 0.5) is 0 Å². The Labute approximate surface area is 224 Å². The molecule has 0 unspecified atom stereocenters. The van der Waals surface area contributed by atoms with Gasteiger partial charge in [-0.1, -0.05) is 95.3 Å². The predicted molar refractivity (Wildman–Crippen MR) is 150 cm³/mol. The first-order valence-corrected chi connectivity index (χ1v) is 15.9. The molecule has 0 aliphatic heterocycles. The van der Waals surface area contributed by atoms with Gasteiger partial charge in [-0.05, 0) is 97.2 Å². The maximum absolute atomic E-state index is 12.6. The molecule has 4 aliphatic carbocycles. The fourth-order valence-electron chi connectivity index (χ4n) is 9.25. The normalized spacial score (nSPS) is 40.5. The van der Waals surface area contributed by atoms with Crippen molar-refractivity contribution in [3.8, 4) is 0 Å². The van der Waals surface area contributed by atoms with Crippen LogP contribution in [0.3, 0.4) is 0 Å². The number of allylic oxidation sites excluding steroid dienone is 1. The molecule has 2 nitrogen and oxygen atoms in total. The van der Waals surface area contributed by atoms with Crippen molar-refractivity contribution in [2.75, 3.05) is 0 Å². The number of hydrogen-bond donors (Lipinski definition) is 0. The summed E-state index contributed by atoms with van der Waals surface area (Å²) < 4.78 is 5.99. The minimum atomic E-state index is -0.195. The standard InChI is InChI=1S/C32H53BrO2/c1-20(2)9-8-10-22(5)26-13-14-27-25-12-11-23-19-24(35-30(34)29(33)21(3)4)15-17-31(23,6)28(25)16-18-32(26,27)7/h11,20-22,24-29H,8-10,12-19H2,1-7H3/t22-,24+,25+,26-,27-,28+,29-,31+,32-/m1/s1. The van der Waals surface area contributed by atoms with E-state index in [0.717, 1.165) is 48.3 Å². The van der Waals surface area contributed by atoms with Crippen LogP contribution in [-0.4, -0.2) is 16.9 Å². The van der Waals surface area contributed by atoms with Gasteiger partial charge in [-0.2, -0.15) is 0 Å². The van der Waals surface area contributed by atoms with Crippen LogP contribution in [0.5, 0.6) is 0 Å². The van der Waals surface area contributed by atoms with Gasteiger partial charge in [0.25, 0.3) is 0 Å². The van der Waals surface area contributed by atoms with Gasteiger partial charge in [0, 0.05) is 6.42 Å². The lowest BCUT2D eigenvalue weighted by Crippen LogP contribution is -2.51. The van der Waals surface area contributed by atoms with E-state index in [1.165, 1.54) is 57.8 Å². The van der Waals surface area contributed by atoms with Gasteiger partial charge in [0.1, 0.15) is 10.9 Å². The molecule has 4 rings (SSSR count). The third-order valence-electron chi connectivity index (χ3n) is 11.4. The molecule has 0 radical (unpaired) electrons. The number of rotatable bonds is 8. The number of halogens is 1. The first kappa shape index (κ1) is 27.7. The molecule has 0 heterocycles. The van der Waals surface area contributed by atoms with Crippen LogP contribution in [0.25, 0.3) is 0 Å². The van der Waals surface area contributed by atoms with Gasteiger partial charge >= 0.3 is 5.97 Å². The first-order valence-electron chi connectivity index (χ1n) is 15.0. The van der Waals surface area contributed by atoms with Gasteiger partial charge in [-0.15, -0.1) is 0 Å². The molecule has 3 fully saturated rings. The Morgan fingerprint density at radius 1 is 1.03 bits per heavy atom. The highest BCUT2D eigenvalue weighted by atomic mass is 79.9. The van der Waals surface area contributed by atoms with E-state index in [9.17, 15) is 4.79 Å². The molecule has 35 heavy (non-hydrogen) atoms. The van der Waals surface area contributed by atoms with E-state index < -0.39 is 0 Å². The van der Waals surface area contributed by atoms with Crippen LogP contribution in [0.15, 0.2) is 11.6 Å². The van der Waals surface area contributed by atoms with E-state index in [2.05, 4.69) is 70.5 Å². The first-order chi connectivity index (χ1) is 16.5. The molecular weight excluding hydrogens is 496 g/mol. The topological polar surface area (TPSA) is 26.3 Å². The summed E-state index contributed by atoms with van der Waals surface area (Å²) in [5.41, 5.74) is 2.48. The van der Waals surface area contributed by atoms with Crippen molar-refractivity contribution in [1.29, 1.82) is 0 Å². The van der Waals surface area contributed by atoms with Crippen LogP contribution < -0.4 is 0 Å². The number of carbonyl (C=O) groups excluding carboxylic acids is 1. The van der Waals surface area contributed by atoms with Gasteiger partial charge in [0.2, 0.25) is 0 Å². The Balaban J connectivity index is 1.43. The number of ether oxygens (including phenoxy) is 1. The van der Waals surface area contributed by atoms with Crippen molar-refractivity contribution in [3.05, 3.63) is 11.6 Å². The number of esters is 1. The number of carbonyl (C=O) groups is 1. The van der Waals surface area contributed by atoms with Crippen LogP contribution in [-0.2, 0) is 9.53 Å². The second-order valence-corrected chi connectivity index (χ2v) is 15.2. The summed E-state index contributed by atoms with van der Waals surface area (Å²) in [5.74, 6) is 5.42. The highest BCUT2D eigenvalue weighted by Gasteiger charge is 2.59. The molecule has 0 aromatic rings. The lowest BCUT2D eigenvalue weighted by atomic mass is 9.47. The quantitative estimate of drug-likeness (QED) is 0.171. The molecule has 0 bridgehead atoms. The second kappa shape index (κ2) is 10.8. The third-order valence-corrected chi connectivity index (χ3v) is 12.8. The molecule has 0 saturated heterocycles. The van der Waals surface area contributed by atoms with Gasteiger partial charge < -0.3 is 4.74 Å². The monoisotopic (exact) mass is 548 g/mol. The lowest BCUT2D eigenvalue weighted by Gasteiger charge is -2.58. The number of hydrogen-bond acceptors (Lipinski definition) is 2. The van der Waals surface area contributed by atoms with Crippen molar-refractivity contribution < 1.29 is 9.53 Å².